The summed E-state index contributed by atoms with van der Waals surface area (Å²) in [6.45, 7) is 2.84. The SMILES string of the molecule is CC1CCCC2C(O)C(O)CN12. The molecule has 4 unspecified atom stereocenters. The third-order valence-corrected chi connectivity index (χ3v) is 3.30. The Morgan fingerprint density at radius 3 is 2.67 bits per heavy atom. The molecular formula is C9H17NO2. The number of hydrogen-bond donors (Lipinski definition) is 2. The van der Waals surface area contributed by atoms with Gasteiger partial charge in [0.1, 0.15) is 0 Å². The molecule has 0 aliphatic carbocycles. The van der Waals surface area contributed by atoms with Gasteiger partial charge in [0.15, 0.2) is 0 Å². The second kappa shape index (κ2) is 2.98. The predicted molar refractivity (Wildman–Crippen MR) is 45.8 cm³/mol. The van der Waals surface area contributed by atoms with E-state index in [1.54, 1.807) is 0 Å². The van der Waals surface area contributed by atoms with Crippen molar-refractivity contribution in [1.29, 1.82) is 0 Å². The van der Waals surface area contributed by atoms with Gasteiger partial charge in [0.25, 0.3) is 0 Å². The van der Waals surface area contributed by atoms with Gasteiger partial charge in [0.05, 0.1) is 12.2 Å². The minimum Gasteiger partial charge on any atom is -0.389 e. The Bertz CT molecular complexity index is 174. The largest absolute Gasteiger partial charge is 0.389 e. The first-order chi connectivity index (χ1) is 5.70. The van der Waals surface area contributed by atoms with E-state index in [9.17, 15) is 10.2 Å². The van der Waals surface area contributed by atoms with E-state index < -0.39 is 12.2 Å². The van der Waals surface area contributed by atoms with Gasteiger partial charge in [0.2, 0.25) is 0 Å². The van der Waals surface area contributed by atoms with Crippen molar-refractivity contribution in [3.8, 4) is 0 Å². The summed E-state index contributed by atoms with van der Waals surface area (Å²) in [5, 5.41) is 19.1. The summed E-state index contributed by atoms with van der Waals surface area (Å²) < 4.78 is 0. The van der Waals surface area contributed by atoms with Crippen molar-refractivity contribution in [2.24, 2.45) is 0 Å². The summed E-state index contributed by atoms with van der Waals surface area (Å²) in [4.78, 5) is 2.25. The number of aliphatic hydroxyl groups is 2. The van der Waals surface area contributed by atoms with E-state index in [4.69, 9.17) is 0 Å². The Kier molecular flexibility index (Phi) is 2.10. The van der Waals surface area contributed by atoms with Gasteiger partial charge in [-0.05, 0) is 19.8 Å². The molecule has 70 valence electrons. The minimum atomic E-state index is -0.518. The second-order valence-corrected chi connectivity index (χ2v) is 4.10. The maximum absolute atomic E-state index is 9.62. The summed E-state index contributed by atoms with van der Waals surface area (Å²) in [5.74, 6) is 0. The number of piperidine rings is 1. The van der Waals surface area contributed by atoms with Gasteiger partial charge in [-0.25, -0.2) is 0 Å². The van der Waals surface area contributed by atoms with E-state index in [1.807, 2.05) is 0 Å². The Morgan fingerprint density at radius 2 is 2.00 bits per heavy atom. The maximum Gasteiger partial charge on any atom is 0.0966 e. The minimum absolute atomic E-state index is 0.226. The molecule has 2 heterocycles. The predicted octanol–water partition coefficient (Wildman–Crippen LogP) is -0.0352. The van der Waals surface area contributed by atoms with E-state index in [-0.39, 0.29) is 6.04 Å². The van der Waals surface area contributed by atoms with Crippen LogP contribution in [0.25, 0.3) is 0 Å². The van der Waals surface area contributed by atoms with Crippen LogP contribution in [-0.4, -0.2) is 45.9 Å². The third kappa shape index (κ3) is 1.16. The first-order valence-electron chi connectivity index (χ1n) is 4.82. The van der Waals surface area contributed by atoms with Gasteiger partial charge in [-0.2, -0.15) is 0 Å². The van der Waals surface area contributed by atoms with Crippen LogP contribution < -0.4 is 0 Å². The van der Waals surface area contributed by atoms with Crippen LogP contribution in [0.3, 0.4) is 0 Å². The van der Waals surface area contributed by atoms with Gasteiger partial charge in [-0.15, -0.1) is 0 Å². The molecule has 0 radical (unpaired) electrons. The third-order valence-electron chi connectivity index (χ3n) is 3.30. The van der Waals surface area contributed by atoms with E-state index in [0.717, 1.165) is 6.42 Å². The molecule has 0 aromatic carbocycles. The molecule has 2 aliphatic rings. The molecule has 0 aromatic heterocycles. The fraction of sp³-hybridized carbons (Fsp3) is 1.00. The average Bonchev–Trinajstić information content (AvgIpc) is 2.32. The molecule has 2 N–H and O–H groups in total. The number of hydrogen-bond acceptors (Lipinski definition) is 3. The van der Waals surface area contributed by atoms with Crippen LogP contribution in [0, 0.1) is 0 Å². The quantitative estimate of drug-likeness (QED) is 0.537. The lowest BCUT2D eigenvalue weighted by atomic mass is 9.96. The highest BCUT2D eigenvalue weighted by atomic mass is 16.3. The van der Waals surface area contributed by atoms with Crippen LogP contribution in [0.1, 0.15) is 26.2 Å². The molecule has 3 nitrogen and oxygen atoms in total. The second-order valence-electron chi connectivity index (χ2n) is 4.10. The molecule has 0 amide bonds. The average molecular weight is 171 g/mol. The lowest BCUT2D eigenvalue weighted by molar-refractivity contribution is 0.0264. The Labute approximate surface area is 73.0 Å². The van der Waals surface area contributed by atoms with Gasteiger partial charge in [0, 0.05) is 18.6 Å². The van der Waals surface area contributed by atoms with Crippen LogP contribution in [0.5, 0.6) is 0 Å². The lowest BCUT2D eigenvalue weighted by Crippen LogP contribution is -2.44. The monoisotopic (exact) mass is 171 g/mol. The van der Waals surface area contributed by atoms with Crippen molar-refractivity contribution >= 4 is 0 Å². The first kappa shape index (κ1) is 8.48. The van der Waals surface area contributed by atoms with Gasteiger partial charge >= 0.3 is 0 Å². The molecular weight excluding hydrogens is 154 g/mol. The highest BCUT2D eigenvalue weighted by molar-refractivity contribution is 4.97. The van der Waals surface area contributed by atoms with Gasteiger partial charge in [-0.3, -0.25) is 4.90 Å². The van der Waals surface area contributed by atoms with E-state index in [0.29, 0.717) is 12.6 Å². The molecule has 2 fully saturated rings. The fourth-order valence-corrected chi connectivity index (χ4v) is 2.54. The molecule has 0 spiro atoms. The van der Waals surface area contributed by atoms with Gasteiger partial charge < -0.3 is 10.2 Å². The summed E-state index contributed by atoms with van der Waals surface area (Å²) in [7, 11) is 0. The Balaban J connectivity index is 2.10. The molecule has 4 atom stereocenters. The molecule has 12 heavy (non-hydrogen) atoms. The van der Waals surface area contributed by atoms with E-state index in [2.05, 4.69) is 11.8 Å². The Morgan fingerprint density at radius 1 is 1.25 bits per heavy atom. The van der Waals surface area contributed by atoms with Crippen molar-refractivity contribution in [1.82, 2.24) is 4.90 Å². The fourth-order valence-electron chi connectivity index (χ4n) is 2.54. The normalized spacial score (nSPS) is 49.2. The number of nitrogens with zero attached hydrogens (tertiary/aromatic N) is 1. The van der Waals surface area contributed by atoms with Crippen LogP contribution >= 0.6 is 0 Å². The van der Waals surface area contributed by atoms with Crippen molar-refractivity contribution in [3.05, 3.63) is 0 Å². The molecule has 0 saturated carbocycles. The van der Waals surface area contributed by atoms with Crippen molar-refractivity contribution in [3.63, 3.8) is 0 Å². The zero-order valence-corrected chi connectivity index (χ0v) is 7.48. The topological polar surface area (TPSA) is 43.7 Å². The van der Waals surface area contributed by atoms with Crippen molar-refractivity contribution in [2.75, 3.05) is 6.54 Å². The zero-order chi connectivity index (χ0) is 8.72. The van der Waals surface area contributed by atoms with E-state index >= 15 is 0 Å². The first-order valence-corrected chi connectivity index (χ1v) is 4.82. The summed E-state index contributed by atoms with van der Waals surface area (Å²) in [5.41, 5.74) is 0. The van der Waals surface area contributed by atoms with Crippen molar-refractivity contribution in [2.45, 2.75) is 50.5 Å². The van der Waals surface area contributed by atoms with E-state index in [1.165, 1.54) is 12.8 Å². The highest BCUT2D eigenvalue weighted by Gasteiger charge is 2.43. The lowest BCUT2D eigenvalue weighted by Gasteiger charge is -2.35. The molecule has 2 aliphatic heterocycles. The van der Waals surface area contributed by atoms with Crippen LogP contribution in [-0.2, 0) is 0 Å². The summed E-state index contributed by atoms with van der Waals surface area (Å²) >= 11 is 0. The Hall–Kier alpha value is -0.120. The maximum atomic E-state index is 9.62. The summed E-state index contributed by atoms with van der Waals surface area (Å²) in [6, 6.07) is 0.763. The smallest absolute Gasteiger partial charge is 0.0966 e. The molecule has 2 saturated heterocycles. The molecule has 0 aromatic rings. The number of fused-ring (bicyclic) bond motifs is 1. The van der Waals surface area contributed by atoms with Crippen LogP contribution in [0.4, 0.5) is 0 Å². The van der Waals surface area contributed by atoms with Gasteiger partial charge in [-0.1, -0.05) is 6.42 Å². The zero-order valence-electron chi connectivity index (χ0n) is 7.48. The highest BCUT2D eigenvalue weighted by Crippen LogP contribution is 2.31. The molecule has 2 rings (SSSR count). The number of aliphatic hydroxyl groups excluding tert-OH is 2. The van der Waals surface area contributed by atoms with Crippen molar-refractivity contribution < 1.29 is 10.2 Å². The number of rotatable bonds is 0. The van der Waals surface area contributed by atoms with Crippen LogP contribution in [0.2, 0.25) is 0 Å². The summed E-state index contributed by atoms with van der Waals surface area (Å²) in [6.07, 6.45) is 2.41. The molecule has 3 heteroatoms. The molecule has 0 bridgehead atoms. The van der Waals surface area contributed by atoms with Crippen LogP contribution in [0.15, 0.2) is 0 Å². The standard InChI is InChI=1S/C9H17NO2/c1-6-3-2-4-7-9(12)8(11)5-10(6)7/h6-9,11-12H,2-5H2,1H3.